The van der Waals surface area contributed by atoms with E-state index in [-0.39, 0.29) is 63.1 Å². The molecule has 0 aliphatic carbocycles. The Morgan fingerprint density at radius 3 is 1.46 bits per heavy atom. The first kappa shape index (κ1) is 56.1. The molecule has 61 heavy (non-hydrogen) atoms. The number of ether oxygens (including phenoxy) is 2. The number of nitrogen functional groups attached to an aromatic ring is 1. The second kappa shape index (κ2) is 31.0. The van der Waals surface area contributed by atoms with Crippen LogP contribution >= 0.6 is 0 Å². The van der Waals surface area contributed by atoms with Crippen molar-refractivity contribution < 1.29 is 50.4 Å². The second-order valence-corrected chi connectivity index (χ2v) is 13.5. The molecule has 0 bridgehead atoms. The van der Waals surface area contributed by atoms with Gasteiger partial charge in [0.2, 0.25) is 0 Å². The maximum atomic E-state index is 13.0. The normalized spacial score (nSPS) is 9.51. The summed E-state index contributed by atoms with van der Waals surface area (Å²) in [4.78, 5) is 71.1. The number of benzene rings is 2. The molecule has 0 spiro atoms. The maximum absolute atomic E-state index is 13.0. The van der Waals surface area contributed by atoms with Crippen LogP contribution in [0.25, 0.3) is 0 Å². The number of hydrogen-bond acceptors (Lipinski definition) is 17. The van der Waals surface area contributed by atoms with Gasteiger partial charge < -0.3 is 25.8 Å². The van der Waals surface area contributed by atoms with E-state index in [2.05, 4.69) is 20.6 Å². The number of nitrogens with two attached hydrogens (primary N) is 1. The first-order valence-electron chi connectivity index (χ1n) is 18.2. The standard InChI is InChI=1S/C18H20N4O5.C18H22N4O3.CH4.2Na.O4S2/c1-3-27-17(23)9-11-21(16-6-4-5-10-20-16)18(24)13-7-8-14(19-2)15(12-13)22(25)26;1-3-25-17(23)9-11-22(16-6-4-5-10-21-16)18(24)13-7-8-15(20-2)14(19)12-13;;;;1-5(2)6(3)4/h4-8,10,12,19H,3,9,11H2,1-2H3;4-8,10,12,20H,3,9,11,19H2,1-2H3;1H4;;;. The van der Waals surface area contributed by atoms with Crippen LogP contribution in [0.5, 0.6) is 0 Å². The number of anilines is 5. The first-order chi connectivity index (χ1) is 28.7. The third-order valence-electron chi connectivity index (χ3n) is 7.42. The summed E-state index contributed by atoms with van der Waals surface area (Å²) in [6.45, 7) is 4.19. The summed E-state index contributed by atoms with van der Waals surface area (Å²) in [6, 6.07) is 19.5. The number of pyridine rings is 2. The van der Waals surface area contributed by atoms with Gasteiger partial charge in [-0.2, -0.15) is 16.8 Å². The predicted molar refractivity (Wildman–Crippen MR) is 233 cm³/mol. The fourth-order valence-corrected chi connectivity index (χ4v) is 4.80. The van der Waals surface area contributed by atoms with Gasteiger partial charge in [-0.3, -0.25) is 39.1 Å². The number of nitro benzene ring substituents is 1. The average Bonchev–Trinajstić information content (AvgIpc) is 3.25. The summed E-state index contributed by atoms with van der Waals surface area (Å²) in [7, 11) is -2.59. The molecule has 2 aromatic heterocycles. The van der Waals surface area contributed by atoms with Crippen molar-refractivity contribution >= 4 is 120 Å². The molecule has 0 aliphatic heterocycles. The van der Waals surface area contributed by atoms with Crippen molar-refractivity contribution in [1.82, 2.24) is 9.97 Å². The van der Waals surface area contributed by atoms with Gasteiger partial charge in [-0.1, -0.05) is 19.6 Å². The van der Waals surface area contributed by atoms with E-state index >= 15 is 0 Å². The van der Waals surface area contributed by atoms with Crippen LogP contribution < -0.4 is 26.2 Å². The molecule has 0 saturated heterocycles. The summed E-state index contributed by atoms with van der Waals surface area (Å²) in [6.07, 6.45) is 3.18. The number of aromatic nitrogens is 2. The van der Waals surface area contributed by atoms with Gasteiger partial charge >= 0.3 is 74.1 Å². The molecule has 0 fully saturated rings. The summed E-state index contributed by atoms with van der Waals surface area (Å²) in [5.74, 6) is -0.773. The molecule has 320 valence electrons. The molecule has 4 aromatic rings. The van der Waals surface area contributed by atoms with E-state index in [1.165, 1.54) is 77.8 Å². The Labute approximate surface area is 384 Å². The van der Waals surface area contributed by atoms with Crippen molar-refractivity contribution in [2.75, 3.05) is 66.6 Å². The van der Waals surface area contributed by atoms with Gasteiger partial charge in [0.15, 0.2) is 0 Å². The van der Waals surface area contributed by atoms with Crippen LogP contribution in [0.1, 0.15) is 54.8 Å². The number of hydrogen-bond donors (Lipinski definition) is 3. The zero-order valence-corrected chi connectivity index (χ0v) is 39.5. The molecule has 4 N–H and O–H groups in total. The molecule has 4 rings (SSSR count). The van der Waals surface area contributed by atoms with E-state index in [4.69, 9.17) is 32.0 Å². The minimum atomic E-state index is -2.95. The van der Waals surface area contributed by atoms with Crippen molar-refractivity contribution in [3.8, 4) is 0 Å². The zero-order valence-electron chi connectivity index (χ0n) is 33.9. The van der Waals surface area contributed by atoms with Gasteiger partial charge in [0.1, 0.15) is 17.3 Å². The minimum absolute atomic E-state index is 0. The van der Waals surface area contributed by atoms with Gasteiger partial charge in [0.05, 0.1) is 42.4 Å². The van der Waals surface area contributed by atoms with Gasteiger partial charge in [-0.15, -0.1) is 0 Å². The molecule has 2 amide bonds. The number of esters is 2. The Morgan fingerprint density at radius 1 is 0.721 bits per heavy atom. The number of carbonyl (C=O) groups is 4. The van der Waals surface area contributed by atoms with Crippen molar-refractivity contribution in [1.29, 1.82) is 0 Å². The molecule has 0 unspecified atom stereocenters. The summed E-state index contributed by atoms with van der Waals surface area (Å²) in [5, 5.41) is 16.9. The van der Waals surface area contributed by atoms with E-state index in [1.54, 1.807) is 88.7 Å². The average molecular weight is 905 g/mol. The van der Waals surface area contributed by atoms with Crippen LogP contribution in [-0.2, 0) is 37.6 Å². The van der Waals surface area contributed by atoms with E-state index in [0.29, 0.717) is 35.2 Å². The van der Waals surface area contributed by atoms with Crippen LogP contribution in [0.15, 0.2) is 85.2 Å². The first-order valence-corrected chi connectivity index (χ1v) is 28.8. The van der Waals surface area contributed by atoms with Crippen LogP contribution in [0, 0.1) is 10.1 Å². The number of amides is 2. The van der Waals surface area contributed by atoms with E-state index in [0.717, 1.165) is 5.69 Å². The van der Waals surface area contributed by atoms with Crippen molar-refractivity contribution in [3.63, 3.8) is 0 Å². The molecular formula is C37H46N8Na2O12S2. The van der Waals surface area contributed by atoms with Gasteiger partial charge in [0.25, 0.3) is 17.5 Å². The number of nitrogens with one attached hydrogen (secondary N) is 2. The summed E-state index contributed by atoms with van der Waals surface area (Å²) < 4.78 is 46.2. The Kier molecular flexibility index (Phi) is 28.5. The van der Waals surface area contributed by atoms with Crippen LogP contribution in [0.3, 0.4) is 0 Å². The fraction of sp³-hybridized carbons (Fsp3) is 0.297. The number of rotatable bonds is 15. The van der Waals surface area contributed by atoms with Gasteiger partial charge in [-0.25, -0.2) is 9.97 Å². The Morgan fingerprint density at radius 2 is 1.13 bits per heavy atom. The van der Waals surface area contributed by atoms with E-state index < -0.39 is 35.3 Å². The Bertz CT molecular complexity index is 2270. The molecule has 2 heterocycles. The molecule has 2 aromatic carbocycles. The van der Waals surface area contributed by atoms with Crippen LogP contribution in [-0.4, -0.2) is 139 Å². The van der Waals surface area contributed by atoms with Gasteiger partial charge in [0, 0.05) is 56.8 Å². The van der Waals surface area contributed by atoms with Crippen molar-refractivity contribution in [2.24, 2.45) is 0 Å². The second-order valence-electron chi connectivity index (χ2n) is 11.1. The number of nitro groups is 1. The Hall–Kier alpha value is -4.94. The monoisotopic (exact) mass is 904 g/mol. The molecular weight excluding hydrogens is 859 g/mol. The molecule has 0 radical (unpaired) electrons. The number of carbonyl (C=O) groups excluding carboxylic acids is 4. The van der Waals surface area contributed by atoms with Gasteiger partial charge in [-0.05, 0) is 68.4 Å². The molecule has 20 nitrogen and oxygen atoms in total. The Balaban J connectivity index is 0.000000992. The predicted octanol–water partition coefficient (Wildman–Crippen LogP) is 3.47. The van der Waals surface area contributed by atoms with Crippen molar-refractivity contribution in [3.05, 3.63) is 106 Å². The molecule has 0 atom stereocenters. The van der Waals surface area contributed by atoms with Crippen LogP contribution in [0.2, 0.25) is 0 Å². The fourth-order valence-electron chi connectivity index (χ4n) is 4.80. The van der Waals surface area contributed by atoms with Crippen LogP contribution in [0.4, 0.5) is 34.4 Å². The summed E-state index contributed by atoms with van der Waals surface area (Å²) in [5.41, 5.74) is 7.79. The molecule has 0 saturated carbocycles. The molecule has 0 aliphatic rings. The zero-order chi connectivity index (χ0) is 45.2. The molecule has 24 heteroatoms. The SMILES string of the molecule is C.CCOC(=O)CCN(C(=O)c1ccc(NC)c(N)c1)c1ccccn1.CCOC(=O)CCN(C(=O)c1ccc(NC)c([N+](=O)[O-])c1)c1ccccn1.O=S(=O)=S(=O)=O.[Na][Na]. The third kappa shape index (κ3) is 19.5. The summed E-state index contributed by atoms with van der Waals surface area (Å²) >= 11 is 2.89. The topological polar surface area (TPSA) is 280 Å². The van der Waals surface area contributed by atoms with Crippen molar-refractivity contribution in [2.45, 2.75) is 34.1 Å². The number of nitrogens with zero attached hydrogens (tertiary/aromatic N) is 5. The quantitative estimate of drug-likeness (QED) is 0.0506. The third-order valence-corrected chi connectivity index (χ3v) is 8.31. The van der Waals surface area contributed by atoms with E-state index in [1.807, 2.05) is 0 Å². The van der Waals surface area contributed by atoms with E-state index in [9.17, 15) is 29.3 Å².